The normalized spacial score (nSPS) is 16.6. The minimum absolute atomic E-state index is 0.0567. The van der Waals surface area contributed by atoms with Crippen molar-refractivity contribution in [3.8, 4) is 11.5 Å². The lowest BCUT2D eigenvalue weighted by atomic mass is 10.2. The van der Waals surface area contributed by atoms with Gasteiger partial charge in [-0.3, -0.25) is 9.10 Å². The topological polar surface area (TPSA) is 84.9 Å². The first-order valence-electron chi connectivity index (χ1n) is 9.15. The SMILES string of the molecule is CC(C)Oc1ccc(NC(=O)[C@@H]2CCN(S(C)(=O)=O)c3cc(Cl)ccc3O2)cc1. The molecule has 1 atom stereocenters. The van der Waals surface area contributed by atoms with Crippen molar-refractivity contribution < 1.29 is 22.7 Å². The molecule has 1 aliphatic rings. The zero-order valence-corrected chi connectivity index (χ0v) is 18.0. The molecule has 1 aliphatic heterocycles. The van der Waals surface area contributed by atoms with E-state index in [0.717, 1.165) is 6.26 Å². The summed E-state index contributed by atoms with van der Waals surface area (Å²) in [6, 6.07) is 11.7. The van der Waals surface area contributed by atoms with Gasteiger partial charge in [0.25, 0.3) is 5.91 Å². The third kappa shape index (κ3) is 5.33. The van der Waals surface area contributed by atoms with Crippen LogP contribution < -0.4 is 19.1 Å². The second-order valence-corrected chi connectivity index (χ2v) is 9.37. The molecule has 9 heteroatoms. The van der Waals surface area contributed by atoms with Crippen molar-refractivity contribution >= 4 is 38.9 Å². The molecule has 2 aromatic rings. The first-order valence-corrected chi connectivity index (χ1v) is 11.4. The van der Waals surface area contributed by atoms with Gasteiger partial charge in [0, 0.05) is 23.7 Å². The Morgan fingerprint density at radius 1 is 1.24 bits per heavy atom. The number of ether oxygens (including phenoxy) is 2. The lowest BCUT2D eigenvalue weighted by Gasteiger charge is -2.21. The van der Waals surface area contributed by atoms with Crippen LogP contribution in [0.1, 0.15) is 20.3 Å². The number of benzene rings is 2. The molecule has 7 nitrogen and oxygen atoms in total. The molecule has 0 saturated carbocycles. The molecule has 1 N–H and O–H groups in total. The van der Waals surface area contributed by atoms with Gasteiger partial charge in [-0.25, -0.2) is 8.42 Å². The summed E-state index contributed by atoms with van der Waals surface area (Å²) in [5, 5.41) is 3.18. The Bertz CT molecular complexity index is 992. The summed E-state index contributed by atoms with van der Waals surface area (Å²) in [5.74, 6) is 0.634. The molecule has 156 valence electrons. The molecule has 0 radical (unpaired) electrons. The first-order chi connectivity index (χ1) is 13.6. The van der Waals surface area contributed by atoms with Gasteiger partial charge in [-0.15, -0.1) is 0 Å². The van der Waals surface area contributed by atoms with Crippen LogP contribution in [0.3, 0.4) is 0 Å². The molecule has 0 bridgehead atoms. The van der Waals surface area contributed by atoms with Crippen molar-refractivity contribution in [2.75, 3.05) is 22.4 Å². The predicted molar refractivity (Wildman–Crippen MR) is 114 cm³/mol. The first kappa shape index (κ1) is 21.3. The lowest BCUT2D eigenvalue weighted by molar-refractivity contribution is -0.122. The third-order valence-electron chi connectivity index (χ3n) is 4.24. The number of anilines is 2. The van der Waals surface area contributed by atoms with Crippen molar-refractivity contribution in [3.63, 3.8) is 0 Å². The lowest BCUT2D eigenvalue weighted by Crippen LogP contribution is -2.35. The number of sulfonamides is 1. The van der Waals surface area contributed by atoms with Crippen molar-refractivity contribution in [2.24, 2.45) is 0 Å². The maximum Gasteiger partial charge on any atom is 0.265 e. The maximum atomic E-state index is 12.8. The van der Waals surface area contributed by atoms with E-state index in [4.69, 9.17) is 21.1 Å². The van der Waals surface area contributed by atoms with Gasteiger partial charge >= 0.3 is 0 Å². The van der Waals surface area contributed by atoms with Crippen LogP contribution in [0.25, 0.3) is 0 Å². The van der Waals surface area contributed by atoms with E-state index in [9.17, 15) is 13.2 Å². The number of hydrogen-bond donors (Lipinski definition) is 1. The Hall–Kier alpha value is -2.45. The summed E-state index contributed by atoms with van der Waals surface area (Å²) in [5.41, 5.74) is 0.917. The number of hydrogen-bond acceptors (Lipinski definition) is 5. The molecular formula is C20H23ClN2O5S. The Morgan fingerprint density at radius 3 is 2.55 bits per heavy atom. The summed E-state index contributed by atoms with van der Waals surface area (Å²) in [6.07, 6.45) is 0.507. The van der Waals surface area contributed by atoms with Gasteiger partial charge in [0.2, 0.25) is 10.0 Å². The number of nitrogens with one attached hydrogen (secondary N) is 1. The number of nitrogens with zero attached hydrogens (tertiary/aromatic N) is 1. The molecule has 0 aliphatic carbocycles. The van der Waals surface area contributed by atoms with E-state index in [1.807, 2.05) is 13.8 Å². The Labute approximate surface area is 175 Å². The second kappa shape index (κ2) is 8.51. The summed E-state index contributed by atoms with van der Waals surface area (Å²) >= 11 is 6.03. The highest BCUT2D eigenvalue weighted by Gasteiger charge is 2.31. The average Bonchev–Trinajstić information content (AvgIpc) is 2.82. The molecule has 0 fully saturated rings. The molecule has 2 aromatic carbocycles. The van der Waals surface area contributed by atoms with Crippen molar-refractivity contribution in [3.05, 3.63) is 47.5 Å². The number of halogens is 1. The van der Waals surface area contributed by atoms with Crippen LogP contribution in [0.5, 0.6) is 11.5 Å². The average molecular weight is 439 g/mol. The molecule has 0 saturated heterocycles. The number of carbonyl (C=O) groups is 1. The van der Waals surface area contributed by atoms with Gasteiger partial charge in [0.1, 0.15) is 11.5 Å². The van der Waals surface area contributed by atoms with Crippen molar-refractivity contribution in [1.82, 2.24) is 0 Å². The van der Waals surface area contributed by atoms with Crippen molar-refractivity contribution in [2.45, 2.75) is 32.5 Å². The second-order valence-electron chi connectivity index (χ2n) is 7.02. The van der Waals surface area contributed by atoms with E-state index >= 15 is 0 Å². The van der Waals surface area contributed by atoms with E-state index in [1.54, 1.807) is 36.4 Å². The molecule has 3 rings (SSSR count). The Morgan fingerprint density at radius 2 is 1.93 bits per heavy atom. The molecule has 0 spiro atoms. The van der Waals surface area contributed by atoms with Gasteiger partial charge < -0.3 is 14.8 Å². The zero-order chi connectivity index (χ0) is 21.2. The van der Waals surface area contributed by atoms with Gasteiger partial charge in [-0.2, -0.15) is 0 Å². The Kier molecular flexibility index (Phi) is 6.24. The van der Waals surface area contributed by atoms with Crippen LogP contribution in [0.15, 0.2) is 42.5 Å². The van der Waals surface area contributed by atoms with Crippen LogP contribution in [-0.4, -0.2) is 39.3 Å². The summed E-state index contributed by atoms with van der Waals surface area (Å²) in [7, 11) is -3.55. The van der Waals surface area contributed by atoms with Crippen LogP contribution in [0.4, 0.5) is 11.4 Å². The number of carbonyl (C=O) groups excluding carboxylic acids is 1. The summed E-state index contributed by atoms with van der Waals surface area (Å²) in [6.45, 7) is 3.97. The predicted octanol–water partition coefficient (Wildman–Crippen LogP) is 3.68. The minimum Gasteiger partial charge on any atom is -0.491 e. The molecule has 1 heterocycles. The highest BCUT2D eigenvalue weighted by molar-refractivity contribution is 7.92. The molecule has 0 unspecified atom stereocenters. The molecule has 0 aromatic heterocycles. The van der Waals surface area contributed by atoms with Gasteiger partial charge in [0.05, 0.1) is 18.0 Å². The van der Waals surface area contributed by atoms with Crippen LogP contribution in [0.2, 0.25) is 5.02 Å². The zero-order valence-electron chi connectivity index (χ0n) is 16.4. The maximum absolute atomic E-state index is 12.8. The fraction of sp³-hybridized carbons (Fsp3) is 0.350. The molecule has 29 heavy (non-hydrogen) atoms. The van der Waals surface area contributed by atoms with Crippen LogP contribution in [0, 0.1) is 0 Å². The van der Waals surface area contributed by atoms with E-state index < -0.39 is 16.1 Å². The third-order valence-corrected chi connectivity index (χ3v) is 5.65. The van der Waals surface area contributed by atoms with E-state index in [1.165, 1.54) is 10.4 Å². The quantitative estimate of drug-likeness (QED) is 0.769. The number of fused-ring (bicyclic) bond motifs is 1. The van der Waals surface area contributed by atoms with Gasteiger partial charge in [-0.1, -0.05) is 11.6 Å². The number of amides is 1. The Balaban J connectivity index is 1.78. The highest BCUT2D eigenvalue weighted by Crippen LogP contribution is 2.36. The van der Waals surface area contributed by atoms with E-state index in [-0.39, 0.29) is 30.7 Å². The largest absolute Gasteiger partial charge is 0.491 e. The van der Waals surface area contributed by atoms with Gasteiger partial charge in [-0.05, 0) is 56.3 Å². The smallest absolute Gasteiger partial charge is 0.265 e. The van der Waals surface area contributed by atoms with Crippen LogP contribution in [-0.2, 0) is 14.8 Å². The number of rotatable bonds is 5. The fourth-order valence-corrected chi connectivity index (χ4v) is 4.10. The van der Waals surface area contributed by atoms with E-state index in [2.05, 4.69) is 5.32 Å². The molecule has 1 amide bonds. The minimum atomic E-state index is -3.55. The monoisotopic (exact) mass is 438 g/mol. The highest BCUT2D eigenvalue weighted by atomic mass is 35.5. The fourth-order valence-electron chi connectivity index (χ4n) is 2.99. The van der Waals surface area contributed by atoms with Crippen LogP contribution >= 0.6 is 11.6 Å². The summed E-state index contributed by atoms with van der Waals surface area (Å²) in [4.78, 5) is 12.8. The van der Waals surface area contributed by atoms with Crippen molar-refractivity contribution in [1.29, 1.82) is 0 Å². The van der Waals surface area contributed by atoms with E-state index in [0.29, 0.717) is 22.1 Å². The van der Waals surface area contributed by atoms with Gasteiger partial charge in [0.15, 0.2) is 6.10 Å². The molecular weight excluding hydrogens is 416 g/mol. The standard InChI is InChI=1S/C20H23ClN2O5S/c1-13(2)27-16-7-5-15(6-8-16)22-20(24)19-10-11-23(29(3,25)26)17-12-14(21)4-9-18(17)28-19/h4-9,12-13,19H,10-11H2,1-3H3,(H,22,24)/t19-/m0/s1. The summed E-state index contributed by atoms with van der Waals surface area (Å²) < 4.78 is 37.1.